The Bertz CT molecular complexity index is 1220. The van der Waals surface area contributed by atoms with Gasteiger partial charge in [-0.2, -0.15) is 0 Å². The number of ether oxygens (including phenoxy) is 1. The van der Waals surface area contributed by atoms with Crippen molar-refractivity contribution in [1.29, 1.82) is 0 Å². The van der Waals surface area contributed by atoms with Gasteiger partial charge in [-0.25, -0.2) is 4.98 Å². The van der Waals surface area contributed by atoms with Crippen LogP contribution < -0.4 is 10.5 Å². The molecule has 0 spiro atoms. The molecular formula is C25H27N3O3S. The molecule has 3 heterocycles. The van der Waals surface area contributed by atoms with E-state index in [-0.39, 0.29) is 28.9 Å². The Morgan fingerprint density at radius 1 is 1.22 bits per heavy atom. The molecular weight excluding hydrogens is 422 g/mol. The number of thioether (sulfide) groups is 1. The van der Waals surface area contributed by atoms with Crippen LogP contribution in [0.5, 0.6) is 0 Å². The van der Waals surface area contributed by atoms with Crippen LogP contribution in [0.15, 0.2) is 58.5 Å². The lowest BCUT2D eigenvalue weighted by atomic mass is 10.1. The van der Waals surface area contributed by atoms with Gasteiger partial charge in [0.25, 0.3) is 5.56 Å². The van der Waals surface area contributed by atoms with Crippen LogP contribution in [-0.2, 0) is 22.5 Å². The van der Waals surface area contributed by atoms with Gasteiger partial charge in [0.15, 0.2) is 5.16 Å². The fraction of sp³-hybridized carbons (Fsp3) is 0.400. The van der Waals surface area contributed by atoms with Crippen LogP contribution in [0.1, 0.15) is 32.3 Å². The average Bonchev–Trinajstić information content (AvgIpc) is 3.42. The fourth-order valence-corrected chi connectivity index (χ4v) is 5.66. The Morgan fingerprint density at radius 2 is 2.00 bits per heavy atom. The zero-order chi connectivity index (χ0) is 22.2. The van der Waals surface area contributed by atoms with Gasteiger partial charge in [-0.1, -0.05) is 42.1 Å². The quantitative estimate of drug-likeness (QED) is 0.435. The van der Waals surface area contributed by atoms with Crippen molar-refractivity contribution in [3.8, 4) is 0 Å². The summed E-state index contributed by atoms with van der Waals surface area (Å²) >= 11 is 1.36. The lowest BCUT2D eigenvalue weighted by molar-refractivity contribution is -0.118. The topological polar surface area (TPSA) is 64.4 Å². The Balaban J connectivity index is 1.47. The van der Waals surface area contributed by atoms with Gasteiger partial charge in [0, 0.05) is 18.3 Å². The van der Waals surface area contributed by atoms with Crippen LogP contribution in [0, 0.1) is 0 Å². The molecule has 0 bridgehead atoms. The van der Waals surface area contributed by atoms with Crippen molar-refractivity contribution in [1.82, 2.24) is 9.55 Å². The Labute approximate surface area is 191 Å². The maximum Gasteiger partial charge on any atom is 0.262 e. The van der Waals surface area contributed by atoms with Crippen LogP contribution in [0.3, 0.4) is 0 Å². The van der Waals surface area contributed by atoms with Crippen LogP contribution in [0.25, 0.3) is 10.9 Å². The molecule has 5 rings (SSSR count). The largest absolute Gasteiger partial charge is 0.376 e. The first-order chi connectivity index (χ1) is 15.5. The summed E-state index contributed by atoms with van der Waals surface area (Å²) in [6, 6.07) is 15.6. The van der Waals surface area contributed by atoms with Crippen molar-refractivity contribution in [3.05, 3.63) is 64.4 Å². The molecule has 3 aromatic rings. The molecule has 32 heavy (non-hydrogen) atoms. The summed E-state index contributed by atoms with van der Waals surface area (Å²) in [6.45, 7) is 5.17. The molecule has 1 fully saturated rings. The first kappa shape index (κ1) is 21.2. The minimum Gasteiger partial charge on any atom is -0.376 e. The van der Waals surface area contributed by atoms with E-state index in [4.69, 9.17) is 9.72 Å². The van der Waals surface area contributed by atoms with Gasteiger partial charge >= 0.3 is 0 Å². The zero-order valence-corrected chi connectivity index (χ0v) is 19.2. The van der Waals surface area contributed by atoms with Gasteiger partial charge in [-0.3, -0.25) is 14.2 Å². The maximum absolute atomic E-state index is 13.5. The van der Waals surface area contributed by atoms with Gasteiger partial charge in [0.2, 0.25) is 5.91 Å². The maximum atomic E-state index is 13.5. The molecule has 0 saturated carbocycles. The first-order valence-electron chi connectivity index (χ1n) is 11.2. The number of amides is 1. The number of fused-ring (bicyclic) bond motifs is 2. The SMILES string of the molecule is C[C@H](Sc1nc2ccccc2c(=O)n1C[C@@H]1CCCO1)C(=O)N1c2ccccc2C[C@@H]1C. The Morgan fingerprint density at radius 3 is 2.81 bits per heavy atom. The molecule has 6 nitrogen and oxygen atoms in total. The summed E-state index contributed by atoms with van der Waals surface area (Å²) in [4.78, 5) is 33.5. The smallest absolute Gasteiger partial charge is 0.262 e. The lowest BCUT2D eigenvalue weighted by Crippen LogP contribution is -2.40. The van der Waals surface area contributed by atoms with E-state index in [1.807, 2.05) is 54.3 Å². The molecule has 0 radical (unpaired) electrons. The van der Waals surface area contributed by atoms with E-state index in [2.05, 4.69) is 13.0 Å². The second kappa shape index (κ2) is 8.71. The van der Waals surface area contributed by atoms with Crippen LogP contribution in [0.4, 0.5) is 5.69 Å². The van der Waals surface area contributed by atoms with E-state index in [9.17, 15) is 9.59 Å². The van der Waals surface area contributed by atoms with Gasteiger partial charge in [0.05, 0.1) is 28.8 Å². The predicted molar refractivity (Wildman–Crippen MR) is 127 cm³/mol. The predicted octanol–water partition coefficient (Wildman–Crippen LogP) is 4.03. The van der Waals surface area contributed by atoms with Gasteiger partial charge in [-0.15, -0.1) is 0 Å². The molecule has 2 aromatic carbocycles. The number of benzene rings is 2. The summed E-state index contributed by atoms with van der Waals surface area (Å²) in [5.74, 6) is 0.0403. The highest BCUT2D eigenvalue weighted by molar-refractivity contribution is 8.00. The first-order valence-corrected chi connectivity index (χ1v) is 12.1. The molecule has 3 atom stereocenters. The number of hydrogen-bond donors (Lipinski definition) is 0. The molecule has 2 aliphatic heterocycles. The van der Waals surface area contributed by atoms with Gasteiger partial charge in [-0.05, 0) is 56.9 Å². The minimum atomic E-state index is -0.382. The fourth-order valence-electron chi connectivity index (χ4n) is 4.70. The van der Waals surface area contributed by atoms with Crippen LogP contribution in [0.2, 0.25) is 0 Å². The number of anilines is 1. The third-order valence-corrected chi connectivity index (χ3v) is 7.39. The van der Waals surface area contributed by atoms with E-state index in [0.29, 0.717) is 22.6 Å². The van der Waals surface area contributed by atoms with Crippen LogP contribution in [-0.4, -0.2) is 39.5 Å². The molecule has 1 saturated heterocycles. The van der Waals surface area contributed by atoms with Crippen molar-refractivity contribution in [2.75, 3.05) is 11.5 Å². The third kappa shape index (κ3) is 3.84. The molecule has 1 aromatic heterocycles. The number of carbonyl (C=O) groups excluding carboxylic acids is 1. The van der Waals surface area contributed by atoms with E-state index in [0.717, 1.165) is 31.6 Å². The molecule has 2 aliphatic rings. The number of rotatable bonds is 5. The Kier molecular flexibility index (Phi) is 5.78. The van der Waals surface area contributed by atoms with Crippen molar-refractivity contribution >= 4 is 34.3 Å². The highest BCUT2D eigenvalue weighted by Crippen LogP contribution is 2.34. The molecule has 1 amide bonds. The Hall–Kier alpha value is -2.64. The second-order valence-corrected chi connectivity index (χ2v) is 9.92. The van der Waals surface area contributed by atoms with Crippen molar-refractivity contribution in [2.24, 2.45) is 0 Å². The third-order valence-electron chi connectivity index (χ3n) is 6.31. The van der Waals surface area contributed by atoms with Crippen LogP contribution >= 0.6 is 11.8 Å². The van der Waals surface area contributed by atoms with E-state index >= 15 is 0 Å². The monoisotopic (exact) mass is 449 g/mol. The standard InChI is InChI=1S/C25H27N3O3S/c1-16-14-18-8-3-6-12-22(18)28(16)23(29)17(2)32-25-26-21-11-5-4-10-20(21)24(30)27(25)15-19-9-7-13-31-19/h3-6,8,10-12,16-17,19H,7,9,13-15H2,1-2H3/t16-,17-,19-/m0/s1. The van der Waals surface area contributed by atoms with Gasteiger partial charge in [0.1, 0.15) is 0 Å². The minimum absolute atomic E-state index is 0.00602. The van der Waals surface area contributed by atoms with Crippen molar-refractivity contribution < 1.29 is 9.53 Å². The summed E-state index contributed by atoms with van der Waals surface area (Å²) in [5, 5.41) is 0.786. The molecule has 0 unspecified atom stereocenters. The summed E-state index contributed by atoms with van der Waals surface area (Å²) < 4.78 is 7.50. The molecule has 7 heteroatoms. The van der Waals surface area contributed by atoms with Gasteiger partial charge < -0.3 is 9.64 Å². The molecule has 166 valence electrons. The number of para-hydroxylation sites is 2. The number of nitrogens with zero attached hydrogens (tertiary/aromatic N) is 3. The number of hydrogen-bond acceptors (Lipinski definition) is 5. The number of carbonyl (C=O) groups is 1. The van der Waals surface area contributed by atoms with E-state index in [1.54, 1.807) is 4.57 Å². The van der Waals surface area contributed by atoms with Crippen molar-refractivity contribution in [2.45, 2.75) is 62.2 Å². The summed E-state index contributed by atoms with van der Waals surface area (Å²) in [6.07, 6.45) is 2.80. The second-order valence-electron chi connectivity index (χ2n) is 8.61. The highest BCUT2D eigenvalue weighted by atomic mass is 32.2. The zero-order valence-electron chi connectivity index (χ0n) is 18.4. The normalized spacial score (nSPS) is 21.1. The summed E-state index contributed by atoms with van der Waals surface area (Å²) in [7, 11) is 0. The summed E-state index contributed by atoms with van der Waals surface area (Å²) in [5.41, 5.74) is 2.77. The molecule has 0 aliphatic carbocycles. The number of aromatic nitrogens is 2. The van der Waals surface area contributed by atoms with E-state index in [1.165, 1.54) is 17.3 Å². The van der Waals surface area contributed by atoms with E-state index < -0.39 is 0 Å². The lowest BCUT2D eigenvalue weighted by Gasteiger charge is -2.26. The highest BCUT2D eigenvalue weighted by Gasteiger charge is 2.34. The molecule has 0 N–H and O–H groups in total. The average molecular weight is 450 g/mol. The van der Waals surface area contributed by atoms with Crippen molar-refractivity contribution in [3.63, 3.8) is 0 Å².